The van der Waals surface area contributed by atoms with Crippen molar-refractivity contribution in [3.8, 4) is 0 Å². The molecule has 1 saturated heterocycles. The van der Waals surface area contributed by atoms with Crippen LogP contribution < -0.4 is 5.32 Å². The quantitative estimate of drug-likeness (QED) is 0.943. The van der Waals surface area contributed by atoms with Gasteiger partial charge in [0.2, 0.25) is 5.91 Å². The molecule has 1 aliphatic heterocycles. The maximum absolute atomic E-state index is 12.1. The van der Waals surface area contributed by atoms with Crippen LogP contribution in [-0.4, -0.2) is 37.6 Å². The van der Waals surface area contributed by atoms with Crippen molar-refractivity contribution in [2.24, 2.45) is 0 Å². The maximum Gasteiger partial charge on any atom is 0.229 e. The van der Waals surface area contributed by atoms with Gasteiger partial charge >= 0.3 is 0 Å². The molecule has 2 heterocycles. The summed E-state index contributed by atoms with van der Waals surface area (Å²) in [4.78, 5) is 15.4. The zero-order chi connectivity index (χ0) is 15.4. The Hall–Kier alpha value is -1.69. The minimum absolute atomic E-state index is 0.0151. The molecule has 0 saturated carbocycles. The molecule has 0 spiro atoms. The van der Waals surface area contributed by atoms with Crippen LogP contribution in [0.1, 0.15) is 16.5 Å². The van der Waals surface area contributed by atoms with Crippen LogP contribution in [0.25, 0.3) is 0 Å². The molecule has 1 aliphatic rings. The van der Waals surface area contributed by atoms with E-state index in [1.165, 1.54) is 0 Å². The summed E-state index contributed by atoms with van der Waals surface area (Å²) < 4.78 is 5.83. The Morgan fingerprint density at radius 1 is 1.41 bits per heavy atom. The first-order valence-corrected chi connectivity index (χ1v) is 8.31. The fourth-order valence-corrected chi connectivity index (χ4v) is 3.28. The van der Waals surface area contributed by atoms with Gasteiger partial charge in [-0.25, -0.2) is 0 Å². The number of likely N-dealkylation sites (N-methyl/N-ethyl adjacent to an activating group) is 1. The third kappa shape index (κ3) is 3.94. The summed E-state index contributed by atoms with van der Waals surface area (Å²) in [6, 6.07) is 11.9. The van der Waals surface area contributed by atoms with Gasteiger partial charge in [0.25, 0.3) is 0 Å². The van der Waals surface area contributed by atoms with E-state index in [9.17, 15) is 4.79 Å². The summed E-state index contributed by atoms with van der Waals surface area (Å²) >= 11 is 1.60. The van der Waals surface area contributed by atoms with E-state index in [1.54, 1.807) is 11.3 Å². The number of anilines is 1. The minimum Gasteiger partial charge on any atom is -0.371 e. The SMILES string of the molecule is CN1CCOC(c2cccc(NC(=O)Cc3cccs3)c2)C1. The van der Waals surface area contributed by atoms with Gasteiger partial charge in [-0.15, -0.1) is 11.3 Å². The number of amides is 1. The van der Waals surface area contributed by atoms with Crippen molar-refractivity contribution in [1.82, 2.24) is 4.90 Å². The molecular formula is C17H20N2O2S. The molecule has 5 heteroatoms. The molecule has 1 N–H and O–H groups in total. The second-order valence-electron chi connectivity index (χ2n) is 5.55. The molecule has 4 nitrogen and oxygen atoms in total. The topological polar surface area (TPSA) is 41.6 Å². The highest BCUT2D eigenvalue weighted by Crippen LogP contribution is 2.24. The maximum atomic E-state index is 12.1. The van der Waals surface area contributed by atoms with Crippen molar-refractivity contribution in [3.05, 3.63) is 52.2 Å². The molecule has 2 aromatic rings. The Bertz CT molecular complexity index is 627. The van der Waals surface area contributed by atoms with E-state index >= 15 is 0 Å². The van der Waals surface area contributed by atoms with Crippen LogP contribution in [0.15, 0.2) is 41.8 Å². The number of ether oxygens (including phenoxy) is 1. The van der Waals surface area contributed by atoms with Gasteiger partial charge in [-0.05, 0) is 36.2 Å². The summed E-state index contributed by atoms with van der Waals surface area (Å²) in [6.07, 6.45) is 0.498. The van der Waals surface area contributed by atoms with Crippen LogP contribution in [0.2, 0.25) is 0 Å². The second-order valence-corrected chi connectivity index (χ2v) is 6.58. The van der Waals surface area contributed by atoms with E-state index in [0.717, 1.165) is 35.8 Å². The lowest BCUT2D eigenvalue weighted by molar-refractivity contribution is -0.115. The van der Waals surface area contributed by atoms with Crippen molar-refractivity contribution < 1.29 is 9.53 Å². The van der Waals surface area contributed by atoms with Crippen molar-refractivity contribution >= 4 is 22.9 Å². The summed E-state index contributed by atoms with van der Waals surface area (Å²) in [7, 11) is 2.10. The molecule has 1 unspecified atom stereocenters. The molecule has 1 atom stereocenters. The third-order valence-corrected chi connectivity index (χ3v) is 4.60. The highest BCUT2D eigenvalue weighted by Gasteiger charge is 2.19. The van der Waals surface area contributed by atoms with Gasteiger partial charge in [0.05, 0.1) is 19.1 Å². The van der Waals surface area contributed by atoms with Gasteiger partial charge in [0, 0.05) is 23.7 Å². The molecule has 1 fully saturated rings. The van der Waals surface area contributed by atoms with E-state index in [2.05, 4.69) is 23.3 Å². The second kappa shape index (κ2) is 7.05. The lowest BCUT2D eigenvalue weighted by Crippen LogP contribution is -2.35. The Balaban J connectivity index is 1.64. The third-order valence-electron chi connectivity index (χ3n) is 3.73. The van der Waals surface area contributed by atoms with Crippen LogP contribution in [0.4, 0.5) is 5.69 Å². The van der Waals surface area contributed by atoms with E-state index < -0.39 is 0 Å². The summed E-state index contributed by atoms with van der Waals surface area (Å²) in [5, 5.41) is 4.96. The molecule has 0 aliphatic carbocycles. The Labute approximate surface area is 134 Å². The average Bonchev–Trinajstić information content (AvgIpc) is 3.00. The average molecular weight is 316 g/mol. The Morgan fingerprint density at radius 3 is 3.09 bits per heavy atom. The lowest BCUT2D eigenvalue weighted by atomic mass is 10.1. The van der Waals surface area contributed by atoms with E-state index in [4.69, 9.17) is 4.74 Å². The first-order chi connectivity index (χ1) is 10.7. The zero-order valence-electron chi connectivity index (χ0n) is 12.6. The fraction of sp³-hybridized carbons (Fsp3) is 0.353. The molecule has 22 heavy (non-hydrogen) atoms. The number of morpholine rings is 1. The number of nitrogens with zero attached hydrogens (tertiary/aromatic N) is 1. The number of carbonyl (C=O) groups is 1. The molecule has 3 rings (SSSR count). The zero-order valence-corrected chi connectivity index (χ0v) is 13.4. The molecule has 0 bridgehead atoms. The Kier molecular flexibility index (Phi) is 4.87. The molecule has 1 amide bonds. The standard InChI is InChI=1S/C17H20N2O2S/c1-19-7-8-21-16(12-19)13-4-2-5-14(10-13)18-17(20)11-15-6-3-9-22-15/h2-6,9-10,16H,7-8,11-12H2,1H3,(H,18,20). The summed E-state index contributed by atoms with van der Waals surface area (Å²) in [5.74, 6) is 0.0151. The number of rotatable bonds is 4. The van der Waals surface area contributed by atoms with Crippen molar-refractivity contribution in [2.45, 2.75) is 12.5 Å². The van der Waals surface area contributed by atoms with Gasteiger partial charge in [0.15, 0.2) is 0 Å². The van der Waals surface area contributed by atoms with Gasteiger partial charge in [0.1, 0.15) is 0 Å². The first kappa shape index (κ1) is 15.2. The van der Waals surface area contributed by atoms with Gasteiger partial charge in [-0.2, -0.15) is 0 Å². The van der Waals surface area contributed by atoms with Crippen molar-refractivity contribution in [2.75, 3.05) is 32.1 Å². The number of nitrogens with one attached hydrogen (secondary N) is 1. The van der Waals surface area contributed by atoms with Crippen LogP contribution in [0.3, 0.4) is 0 Å². The number of hydrogen-bond acceptors (Lipinski definition) is 4. The molecule has 0 radical (unpaired) electrons. The molecule has 1 aromatic heterocycles. The van der Waals surface area contributed by atoms with Crippen LogP contribution in [-0.2, 0) is 16.0 Å². The summed E-state index contributed by atoms with van der Waals surface area (Å²) in [6.45, 7) is 2.59. The number of carbonyl (C=O) groups excluding carboxylic acids is 1. The largest absolute Gasteiger partial charge is 0.371 e. The fourth-order valence-electron chi connectivity index (χ4n) is 2.57. The predicted molar refractivity (Wildman–Crippen MR) is 89.3 cm³/mol. The van der Waals surface area contributed by atoms with E-state index in [-0.39, 0.29) is 12.0 Å². The van der Waals surface area contributed by atoms with Crippen LogP contribution in [0.5, 0.6) is 0 Å². The predicted octanol–water partition coefficient (Wildman–Crippen LogP) is 2.93. The van der Waals surface area contributed by atoms with E-state index in [0.29, 0.717) is 6.42 Å². The number of hydrogen-bond donors (Lipinski definition) is 1. The monoisotopic (exact) mass is 316 g/mol. The molecule has 116 valence electrons. The molecule has 1 aromatic carbocycles. The minimum atomic E-state index is 0.0151. The normalized spacial score (nSPS) is 19.0. The van der Waals surface area contributed by atoms with E-state index in [1.807, 2.05) is 35.7 Å². The van der Waals surface area contributed by atoms with Gasteiger partial charge < -0.3 is 15.0 Å². The molecular weight excluding hydrogens is 296 g/mol. The van der Waals surface area contributed by atoms with Gasteiger partial charge in [-0.1, -0.05) is 18.2 Å². The highest BCUT2D eigenvalue weighted by atomic mass is 32.1. The van der Waals surface area contributed by atoms with Crippen LogP contribution in [0, 0.1) is 0 Å². The van der Waals surface area contributed by atoms with Crippen molar-refractivity contribution in [3.63, 3.8) is 0 Å². The van der Waals surface area contributed by atoms with Crippen LogP contribution >= 0.6 is 11.3 Å². The number of benzene rings is 1. The highest BCUT2D eigenvalue weighted by molar-refractivity contribution is 7.10. The smallest absolute Gasteiger partial charge is 0.229 e. The number of thiophene rings is 1. The summed E-state index contributed by atoms with van der Waals surface area (Å²) in [5.41, 5.74) is 1.94. The van der Waals surface area contributed by atoms with Gasteiger partial charge in [-0.3, -0.25) is 4.79 Å². The first-order valence-electron chi connectivity index (χ1n) is 7.43. The Morgan fingerprint density at radius 2 is 2.32 bits per heavy atom. The lowest BCUT2D eigenvalue weighted by Gasteiger charge is -2.30. The van der Waals surface area contributed by atoms with Crippen molar-refractivity contribution in [1.29, 1.82) is 0 Å².